The van der Waals surface area contributed by atoms with Gasteiger partial charge in [-0.05, 0) is 88.3 Å². The van der Waals surface area contributed by atoms with Crippen LogP contribution in [0.25, 0.3) is 0 Å². The Bertz CT molecular complexity index is 1270. The van der Waals surface area contributed by atoms with Crippen molar-refractivity contribution in [2.24, 2.45) is 11.3 Å². The van der Waals surface area contributed by atoms with Gasteiger partial charge >= 0.3 is 0 Å². The summed E-state index contributed by atoms with van der Waals surface area (Å²) in [6, 6.07) is 4.14. The molecule has 7 atom stereocenters. The summed E-state index contributed by atoms with van der Waals surface area (Å²) in [6.45, 7) is 3.40. The van der Waals surface area contributed by atoms with Crippen molar-refractivity contribution < 1.29 is 24.5 Å². The number of hydrogen-bond donors (Lipinski definition) is 2. The highest BCUT2D eigenvalue weighted by Gasteiger charge is 2.77. The molecule has 1 aromatic carbocycles. The minimum Gasteiger partial charge on any atom is -0.504 e. The van der Waals surface area contributed by atoms with Gasteiger partial charge in [-0.15, -0.1) is 0 Å². The molecule has 1 aromatic rings. The second-order valence-corrected chi connectivity index (χ2v) is 13.8. The van der Waals surface area contributed by atoms with Gasteiger partial charge in [0, 0.05) is 36.2 Å². The highest BCUT2D eigenvalue weighted by atomic mass is 16.5. The third-order valence-corrected chi connectivity index (χ3v) is 12.2. The number of nitrogens with zero attached hydrogens (tertiary/aromatic N) is 2. The van der Waals surface area contributed by atoms with Crippen molar-refractivity contribution >= 4 is 5.91 Å². The summed E-state index contributed by atoms with van der Waals surface area (Å²) in [5, 5.41) is 23.8. The Morgan fingerprint density at radius 1 is 1.13 bits per heavy atom. The summed E-state index contributed by atoms with van der Waals surface area (Å²) >= 11 is 0. The topological polar surface area (TPSA) is 82.5 Å². The number of phenolic OH excluding ortho intramolecular Hbond substituents is 1. The quantitative estimate of drug-likeness (QED) is 0.599. The van der Waals surface area contributed by atoms with E-state index in [2.05, 4.69) is 11.0 Å². The lowest BCUT2D eigenvalue weighted by molar-refractivity contribution is -0.218. The molecule has 4 aliphatic carbocycles. The number of phenols is 1. The Hall–Kier alpha value is -2.09. The number of carbonyl (C=O) groups excluding carboxylic acids is 1. The number of aromatic hydroxyl groups is 1. The molecule has 7 fully saturated rings. The number of fused-ring (bicyclic) bond motifs is 4. The Labute approximate surface area is 223 Å². The number of hydrogen-bond acceptors (Lipinski definition) is 6. The number of rotatable bonds is 3. The van der Waals surface area contributed by atoms with Crippen LogP contribution < -0.4 is 4.74 Å². The minimum atomic E-state index is -0.879. The minimum absolute atomic E-state index is 0.0846. The summed E-state index contributed by atoms with van der Waals surface area (Å²) < 4.78 is 12.7. The van der Waals surface area contributed by atoms with E-state index in [0.29, 0.717) is 18.9 Å². The smallest absolute Gasteiger partial charge is 0.246 e. The third-order valence-electron chi connectivity index (χ3n) is 12.2. The maximum Gasteiger partial charge on any atom is 0.246 e. The maximum absolute atomic E-state index is 13.6. The number of carbonyl (C=O) groups is 1. The predicted octanol–water partition coefficient (Wildman–Crippen LogP) is 3.05. The zero-order valence-corrected chi connectivity index (χ0v) is 22.0. The van der Waals surface area contributed by atoms with Crippen molar-refractivity contribution in [2.75, 3.05) is 26.2 Å². The SMILES string of the molecule is O=C(/C=C1\CC[C@]12CC[C@@]1(O)[C@@H]3Cc4ccc(O)c5c4[C@@]1(CCN3CC1CC1)[C@H]2O5)N1CC2CCC1CO2. The average Bonchev–Trinajstić information content (AvgIpc) is 3.67. The van der Waals surface area contributed by atoms with Crippen LogP contribution in [0, 0.1) is 11.3 Å². The fourth-order valence-corrected chi connectivity index (χ4v) is 10.1. The van der Waals surface area contributed by atoms with Crippen LogP contribution in [0.3, 0.4) is 0 Å². The van der Waals surface area contributed by atoms with E-state index in [1.165, 1.54) is 24.0 Å². The number of aliphatic hydroxyl groups is 1. The molecule has 38 heavy (non-hydrogen) atoms. The Balaban J connectivity index is 1.13. The molecule has 9 aliphatic rings. The number of amides is 1. The standard InChI is InChI=1S/C31H38N2O5/c34-23-6-3-19-13-24-31(36)10-9-29(8-7-20(29)14-25(35)33-16-22-5-4-21(33)17-37-22)28-30(31,26(19)27(23)38-28)11-12-32(24)15-18-1-2-18/h3,6,14,18,21-22,24,28,34,36H,1-2,4-5,7-13,15-17H2/b20-14+/t21?,22?,24-,28-,29-,30-,31+/m0/s1. The average molecular weight is 519 g/mol. The molecular formula is C31H38N2O5. The largest absolute Gasteiger partial charge is 0.504 e. The van der Waals surface area contributed by atoms with E-state index >= 15 is 0 Å². The van der Waals surface area contributed by atoms with Gasteiger partial charge in [0.1, 0.15) is 6.10 Å². The summed E-state index contributed by atoms with van der Waals surface area (Å²) in [6.07, 6.45) is 11.7. The first-order valence-corrected chi connectivity index (χ1v) is 15.0. The van der Waals surface area contributed by atoms with Gasteiger partial charge in [-0.1, -0.05) is 11.6 Å². The van der Waals surface area contributed by atoms with Gasteiger partial charge in [0.25, 0.3) is 0 Å². The second kappa shape index (κ2) is 7.35. The summed E-state index contributed by atoms with van der Waals surface area (Å²) in [5.41, 5.74) is 1.85. The van der Waals surface area contributed by atoms with Gasteiger partial charge < -0.3 is 24.6 Å². The molecule has 10 rings (SSSR count). The van der Waals surface area contributed by atoms with Crippen molar-refractivity contribution in [2.45, 2.75) is 99.5 Å². The lowest BCUT2D eigenvalue weighted by Gasteiger charge is -2.68. The molecule has 2 spiro atoms. The second-order valence-electron chi connectivity index (χ2n) is 13.8. The molecule has 4 saturated heterocycles. The first-order chi connectivity index (χ1) is 18.4. The third kappa shape index (κ3) is 2.64. The van der Waals surface area contributed by atoms with Crippen molar-refractivity contribution in [1.82, 2.24) is 9.80 Å². The van der Waals surface area contributed by atoms with E-state index in [-0.39, 0.29) is 41.4 Å². The van der Waals surface area contributed by atoms with Crippen LogP contribution in [0.5, 0.6) is 11.5 Å². The first-order valence-electron chi connectivity index (χ1n) is 15.0. The molecular weight excluding hydrogens is 480 g/mol. The number of ether oxygens (including phenoxy) is 2. The molecule has 1 amide bonds. The van der Waals surface area contributed by atoms with Crippen LogP contribution in [0.4, 0.5) is 0 Å². The molecule has 7 nitrogen and oxygen atoms in total. The number of piperidine rings is 2. The fourth-order valence-electron chi connectivity index (χ4n) is 10.1. The van der Waals surface area contributed by atoms with Gasteiger partial charge in [-0.3, -0.25) is 9.69 Å². The van der Waals surface area contributed by atoms with E-state index in [1.807, 2.05) is 11.0 Å². The van der Waals surface area contributed by atoms with E-state index in [0.717, 1.165) is 75.9 Å². The summed E-state index contributed by atoms with van der Waals surface area (Å²) in [4.78, 5) is 18.2. The van der Waals surface area contributed by atoms with Crippen LogP contribution >= 0.6 is 0 Å². The molecule has 5 aliphatic heterocycles. The normalized spacial score (nSPS) is 45.2. The van der Waals surface area contributed by atoms with E-state index in [9.17, 15) is 15.0 Å². The van der Waals surface area contributed by atoms with Crippen LogP contribution in [0.1, 0.15) is 68.9 Å². The maximum atomic E-state index is 13.6. The van der Waals surface area contributed by atoms with Gasteiger partial charge in [-0.2, -0.15) is 0 Å². The molecule has 202 valence electrons. The first kappa shape index (κ1) is 22.7. The lowest BCUT2D eigenvalue weighted by atomic mass is 9.40. The molecule has 5 heterocycles. The Kier molecular flexibility index (Phi) is 4.39. The predicted molar refractivity (Wildman–Crippen MR) is 139 cm³/mol. The van der Waals surface area contributed by atoms with Crippen LogP contribution in [0.15, 0.2) is 23.8 Å². The molecule has 3 saturated carbocycles. The van der Waals surface area contributed by atoms with Crippen molar-refractivity contribution in [3.63, 3.8) is 0 Å². The zero-order chi connectivity index (χ0) is 25.4. The van der Waals surface area contributed by atoms with Crippen LogP contribution in [0.2, 0.25) is 0 Å². The zero-order valence-electron chi connectivity index (χ0n) is 22.0. The van der Waals surface area contributed by atoms with E-state index < -0.39 is 11.0 Å². The van der Waals surface area contributed by atoms with Crippen LogP contribution in [-0.2, 0) is 21.4 Å². The van der Waals surface area contributed by atoms with Gasteiger partial charge in [0.05, 0.1) is 29.8 Å². The number of likely N-dealkylation sites (tertiary alicyclic amines) is 1. The molecule has 0 radical (unpaired) electrons. The van der Waals surface area contributed by atoms with Crippen LogP contribution in [-0.4, -0.2) is 82.1 Å². The Morgan fingerprint density at radius 3 is 2.74 bits per heavy atom. The molecule has 2 N–H and O–H groups in total. The fraction of sp³-hybridized carbons (Fsp3) is 0.710. The lowest BCUT2D eigenvalue weighted by Crippen LogP contribution is -2.78. The summed E-state index contributed by atoms with van der Waals surface area (Å²) in [5.74, 6) is 1.69. The van der Waals surface area contributed by atoms with Gasteiger partial charge in [0.2, 0.25) is 5.91 Å². The molecule has 0 aromatic heterocycles. The van der Waals surface area contributed by atoms with Gasteiger partial charge in [-0.25, -0.2) is 0 Å². The highest BCUT2D eigenvalue weighted by molar-refractivity contribution is 5.89. The summed E-state index contributed by atoms with van der Waals surface area (Å²) in [7, 11) is 0. The van der Waals surface area contributed by atoms with E-state index in [1.54, 1.807) is 6.07 Å². The molecule has 7 heteroatoms. The monoisotopic (exact) mass is 518 g/mol. The Morgan fingerprint density at radius 2 is 2.03 bits per heavy atom. The van der Waals surface area contributed by atoms with Gasteiger partial charge in [0.15, 0.2) is 11.5 Å². The molecule has 2 unspecified atom stereocenters. The van der Waals surface area contributed by atoms with Crippen molar-refractivity contribution in [3.05, 3.63) is 34.9 Å². The number of morpholine rings is 1. The van der Waals surface area contributed by atoms with Crippen molar-refractivity contribution in [3.8, 4) is 11.5 Å². The molecule has 4 bridgehead atoms. The van der Waals surface area contributed by atoms with E-state index in [4.69, 9.17) is 9.47 Å². The number of benzene rings is 1. The van der Waals surface area contributed by atoms with Crippen molar-refractivity contribution in [1.29, 1.82) is 0 Å². The highest BCUT2D eigenvalue weighted by Crippen LogP contribution is 2.72.